The molecule has 0 bridgehead atoms. The molecule has 1 saturated heterocycles. The Labute approximate surface area is 123 Å². The van der Waals surface area contributed by atoms with Gasteiger partial charge in [-0.15, -0.1) is 0 Å². The van der Waals surface area contributed by atoms with Crippen LogP contribution in [0.4, 0.5) is 0 Å². The van der Waals surface area contributed by atoms with E-state index in [2.05, 4.69) is 0 Å². The summed E-state index contributed by atoms with van der Waals surface area (Å²) in [6, 6.07) is 7.11. The summed E-state index contributed by atoms with van der Waals surface area (Å²) in [5.74, 6) is 1.74. The zero-order valence-corrected chi connectivity index (χ0v) is 12.9. The van der Waals surface area contributed by atoms with Crippen molar-refractivity contribution in [1.82, 2.24) is 4.31 Å². The minimum absolute atomic E-state index is 0.00806. The van der Waals surface area contributed by atoms with Crippen LogP contribution in [0.15, 0.2) is 24.3 Å². The van der Waals surface area contributed by atoms with Crippen LogP contribution in [0, 0.1) is 0 Å². The summed E-state index contributed by atoms with van der Waals surface area (Å²) >= 11 is 6.69. The molecular formula is C12H16N2O2S3. The quantitative estimate of drug-likeness (QED) is 0.846. The number of nitrogens with two attached hydrogens (primary N) is 1. The molecule has 0 saturated carbocycles. The lowest BCUT2D eigenvalue weighted by molar-refractivity contribution is 0.443. The Morgan fingerprint density at radius 1 is 1.37 bits per heavy atom. The summed E-state index contributed by atoms with van der Waals surface area (Å²) in [6.07, 6.45) is 0. The minimum atomic E-state index is -3.24. The highest BCUT2D eigenvalue weighted by Gasteiger charge is 2.24. The highest BCUT2D eigenvalue weighted by Crippen LogP contribution is 2.17. The summed E-state index contributed by atoms with van der Waals surface area (Å²) in [5, 5.41) is 0. The third-order valence-electron chi connectivity index (χ3n) is 2.92. The van der Waals surface area contributed by atoms with E-state index in [-0.39, 0.29) is 10.7 Å². The molecule has 0 radical (unpaired) electrons. The lowest BCUT2D eigenvalue weighted by atomic mass is 10.1. The molecule has 7 heteroatoms. The zero-order valence-electron chi connectivity index (χ0n) is 10.4. The topological polar surface area (TPSA) is 63.4 Å². The van der Waals surface area contributed by atoms with Crippen LogP contribution in [0.1, 0.15) is 11.1 Å². The number of nitrogens with zero attached hydrogens (tertiary/aromatic N) is 1. The second kappa shape index (κ2) is 6.21. The van der Waals surface area contributed by atoms with Gasteiger partial charge in [0.25, 0.3) is 0 Å². The van der Waals surface area contributed by atoms with E-state index in [1.54, 1.807) is 40.3 Å². The average molecular weight is 316 g/mol. The van der Waals surface area contributed by atoms with E-state index >= 15 is 0 Å². The first-order chi connectivity index (χ1) is 8.99. The summed E-state index contributed by atoms with van der Waals surface area (Å²) in [7, 11) is -3.24. The fourth-order valence-electron chi connectivity index (χ4n) is 1.94. The normalized spacial score (nSPS) is 17.3. The van der Waals surface area contributed by atoms with E-state index in [1.165, 1.54) is 0 Å². The van der Waals surface area contributed by atoms with Gasteiger partial charge < -0.3 is 5.73 Å². The molecule has 2 N–H and O–H groups in total. The van der Waals surface area contributed by atoms with Crippen molar-refractivity contribution in [3.8, 4) is 0 Å². The molecule has 4 nitrogen and oxygen atoms in total. The van der Waals surface area contributed by atoms with Gasteiger partial charge in [0.05, 0.1) is 5.75 Å². The average Bonchev–Trinajstić information content (AvgIpc) is 2.39. The van der Waals surface area contributed by atoms with Crippen LogP contribution >= 0.6 is 24.0 Å². The Kier molecular flexibility index (Phi) is 4.83. The molecule has 19 heavy (non-hydrogen) atoms. The Bertz CT molecular complexity index is 566. The smallest absolute Gasteiger partial charge is 0.218 e. The van der Waals surface area contributed by atoms with E-state index in [0.29, 0.717) is 18.7 Å². The van der Waals surface area contributed by atoms with Crippen molar-refractivity contribution in [2.45, 2.75) is 5.75 Å². The Balaban J connectivity index is 2.15. The molecule has 1 aromatic rings. The maximum absolute atomic E-state index is 12.3. The first-order valence-corrected chi connectivity index (χ1v) is 9.10. The van der Waals surface area contributed by atoms with Crippen LogP contribution in [0.5, 0.6) is 0 Å². The van der Waals surface area contributed by atoms with Gasteiger partial charge in [-0.05, 0) is 11.6 Å². The van der Waals surface area contributed by atoms with Gasteiger partial charge in [0.2, 0.25) is 10.0 Å². The molecule has 1 aliphatic heterocycles. The number of thioether (sulfide) groups is 1. The van der Waals surface area contributed by atoms with Crippen LogP contribution in [0.2, 0.25) is 0 Å². The molecule has 2 rings (SSSR count). The summed E-state index contributed by atoms with van der Waals surface area (Å²) in [5.41, 5.74) is 6.99. The van der Waals surface area contributed by atoms with Crippen LogP contribution in [0.3, 0.4) is 0 Å². The molecule has 1 heterocycles. The summed E-state index contributed by atoms with van der Waals surface area (Å²) < 4.78 is 26.1. The lowest BCUT2D eigenvalue weighted by Crippen LogP contribution is -2.38. The van der Waals surface area contributed by atoms with Crippen molar-refractivity contribution >= 4 is 39.0 Å². The number of thiocarbonyl (C=S) groups is 1. The lowest BCUT2D eigenvalue weighted by Gasteiger charge is -2.25. The standard InChI is InChI=1S/C12H16N2O2S3/c13-12(17)11-3-1-2-10(8-11)9-19(15,16)14-4-6-18-7-5-14/h1-3,8H,4-7,9H2,(H2,13,17). The van der Waals surface area contributed by atoms with Gasteiger partial charge in [0.15, 0.2) is 0 Å². The van der Waals surface area contributed by atoms with E-state index in [0.717, 1.165) is 17.1 Å². The molecule has 0 unspecified atom stereocenters. The maximum Gasteiger partial charge on any atom is 0.218 e. The molecule has 1 aromatic carbocycles. The van der Waals surface area contributed by atoms with Gasteiger partial charge in [0.1, 0.15) is 4.99 Å². The third-order valence-corrected chi connectivity index (χ3v) is 5.95. The SMILES string of the molecule is NC(=S)c1cccc(CS(=O)(=O)N2CCSCC2)c1. The van der Waals surface area contributed by atoms with Gasteiger partial charge in [0, 0.05) is 30.2 Å². The third kappa shape index (κ3) is 3.92. The minimum Gasteiger partial charge on any atom is -0.389 e. The molecule has 1 fully saturated rings. The molecule has 1 aliphatic rings. The van der Waals surface area contributed by atoms with Crippen molar-refractivity contribution in [2.75, 3.05) is 24.6 Å². The monoisotopic (exact) mass is 316 g/mol. The molecule has 0 aromatic heterocycles. The van der Waals surface area contributed by atoms with E-state index in [4.69, 9.17) is 18.0 Å². The fourth-order valence-corrected chi connectivity index (χ4v) is 4.72. The van der Waals surface area contributed by atoms with Crippen LogP contribution in [0.25, 0.3) is 0 Å². The van der Waals surface area contributed by atoms with Gasteiger partial charge in [-0.25, -0.2) is 8.42 Å². The Morgan fingerprint density at radius 3 is 2.68 bits per heavy atom. The molecule has 104 valence electrons. The number of hydrogen-bond donors (Lipinski definition) is 1. The molecular weight excluding hydrogens is 300 g/mol. The van der Waals surface area contributed by atoms with Gasteiger partial charge >= 0.3 is 0 Å². The van der Waals surface area contributed by atoms with Crippen molar-refractivity contribution in [3.05, 3.63) is 35.4 Å². The van der Waals surface area contributed by atoms with Crippen LogP contribution in [-0.2, 0) is 15.8 Å². The van der Waals surface area contributed by atoms with Gasteiger partial charge in [-0.3, -0.25) is 0 Å². The molecule has 0 amide bonds. The maximum atomic E-state index is 12.3. The van der Waals surface area contributed by atoms with E-state index < -0.39 is 10.0 Å². The first kappa shape index (κ1) is 14.8. The molecule has 0 spiro atoms. The predicted octanol–water partition coefficient (Wildman–Crippen LogP) is 1.20. The van der Waals surface area contributed by atoms with E-state index in [9.17, 15) is 8.42 Å². The van der Waals surface area contributed by atoms with Gasteiger partial charge in [-0.1, -0.05) is 30.4 Å². The number of benzene rings is 1. The van der Waals surface area contributed by atoms with Crippen molar-refractivity contribution in [2.24, 2.45) is 5.73 Å². The predicted molar refractivity (Wildman–Crippen MR) is 83.9 cm³/mol. The number of rotatable bonds is 4. The van der Waals surface area contributed by atoms with Crippen LogP contribution in [-0.4, -0.2) is 42.3 Å². The van der Waals surface area contributed by atoms with Crippen molar-refractivity contribution in [3.63, 3.8) is 0 Å². The fraction of sp³-hybridized carbons (Fsp3) is 0.417. The highest BCUT2D eigenvalue weighted by atomic mass is 32.2. The first-order valence-electron chi connectivity index (χ1n) is 5.93. The highest BCUT2D eigenvalue weighted by molar-refractivity contribution is 7.99. The van der Waals surface area contributed by atoms with Crippen molar-refractivity contribution in [1.29, 1.82) is 0 Å². The summed E-state index contributed by atoms with van der Waals surface area (Å²) in [4.78, 5) is 0.286. The van der Waals surface area contributed by atoms with Crippen molar-refractivity contribution < 1.29 is 8.42 Å². The number of hydrogen-bond acceptors (Lipinski definition) is 4. The van der Waals surface area contributed by atoms with Gasteiger partial charge in [-0.2, -0.15) is 16.1 Å². The zero-order chi connectivity index (χ0) is 13.9. The summed E-state index contributed by atoms with van der Waals surface area (Å²) in [6.45, 7) is 1.20. The second-order valence-corrected chi connectivity index (χ2v) is 7.97. The largest absolute Gasteiger partial charge is 0.389 e. The van der Waals surface area contributed by atoms with Crippen LogP contribution < -0.4 is 5.73 Å². The molecule has 0 atom stereocenters. The van der Waals surface area contributed by atoms with E-state index in [1.807, 2.05) is 0 Å². The molecule has 0 aliphatic carbocycles. The second-order valence-electron chi connectivity index (χ2n) is 4.33. The number of sulfonamides is 1. The Morgan fingerprint density at radius 2 is 2.05 bits per heavy atom. The Hall–Kier alpha value is -0.630.